The Morgan fingerprint density at radius 3 is 2.75 bits per heavy atom. The van der Waals surface area contributed by atoms with Crippen LogP contribution >= 0.6 is 11.3 Å². The van der Waals surface area contributed by atoms with E-state index in [2.05, 4.69) is 31.4 Å². The molecule has 2 N–H and O–H groups in total. The number of amides is 1. The molecule has 0 aliphatic carbocycles. The Hall–Kier alpha value is -2.72. The minimum atomic E-state index is -0.292. The summed E-state index contributed by atoms with van der Waals surface area (Å²) in [5, 5.41) is 11.8. The first kappa shape index (κ1) is 22.5. The van der Waals surface area contributed by atoms with Crippen LogP contribution in [0.5, 0.6) is 0 Å². The molecule has 1 aliphatic rings. The predicted molar refractivity (Wildman–Crippen MR) is 125 cm³/mol. The molecule has 1 amide bonds. The SMILES string of the molecule is CN(CC(=O)NC[C@H]1CCCO1)c1nn2c(NC(C)(C)C)c(-c3ccc(F)cc3)nc2s1. The summed E-state index contributed by atoms with van der Waals surface area (Å²) in [6, 6.07) is 6.26. The summed E-state index contributed by atoms with van der Waals surface area (Å²) in [6.07, 6.45) is 2.15. The lowest BCUT2D eigenvalue weighted by molar-refractivity contribution is -0.120. The van der Waals surface area contributed by atoms with Gasteiger partial charge in [-0.2, -0.15) is 4.52 Å². The molecule has 2 aromatic heterocycles. The number of halogens is 1. The number of nitrogens with one attached hydrogen (secondary N) is 2. The Labute approximate surface area is 190 Å². The van der Waals surface area contributed by atoms with E-state index in [0.717, 1.165) is 30.8 Å². The number of benzene rings is 1. The highest BCUT2D eigenvalue weighted by molar-refractivity contribution is 7.20. The van der Waals surface area contributed by atoms with Crippen LogP contribution in [0.15, 0.2) is 24.3 Å². The van der Waals surface area contributed by atoms with Crippen molar-refractivity contribution in [2.45, 2.75) is 45.3 Å². The maximum Gasteiger partial charge on any atom is 0.239 e. The molecule has 0 saturated carbocycles. The molecule has 1 saturated heterocycles. The number of nitrogens with zero attached hydrogens (tertiary/aromatic N) is 4. The summed E-state index contributed by atoms with van der Waals surface area (Å²) in [5.41, 5.74) is 1.28. The van der Waals surface area contributed by atoms with E-state index in [1.165, 1.54) is 23.5 Å². The Morgan fingerprint density at radius 2 is 2.09 bits per heavy atom. The van der Waals surface area contributed by atoms with Crippen molar-refractivity contribution in [2.24, 2.45) is 0 Å². The first-order valence-electron chi connectivity index (χ1n) is 10.7. The van der Waals surface area contributed by atoms with Crippen LogP contribution in [-0.4, -0.2) is 58.9 Å². The summed E-state index contributed by atoms with van der Waals surface area (Å²) in [7, 11) is 1.83. The number of ether oxygens (including phenoxy) is 1. The van der Waals surface area contributed by atoms with Crippen LogP contribution in [0.4, 0.5) is 15.3 Å². The van der Waals surface area contributed by atoms with Gasteiger partial charge in [-0.3, -0.25) is 4.79 Å². The number of likely N-dealkylation sites (N-methyl/N-ethyl adjacent to an activating group) is 1. The second-order valence-electron chi connectivity index (χ2n) is 9.07. The molecule has 1 atom stereocenters. The van der Waals surface area contributed by atoms with E-state index in [1.807, 2.05) is 11.9 Å². The molecule has 1 fully saturated rings. The van der Waals surface area contributed by atoms with Crippen molar-refractivity contribution in [1.82, 2.24) is 19.9 Å². The molecule has 10 heteroatoms. The van der Waals surface area contributed by atoms with Crippen molar-refractivity contribution >= 4 is 33.2 Å². The van der Waals surface area contributed by atoms with Gasteiger partial charge < -0.3 is 20.3 Å². The highest BCUT2D eigenvalue weighted by atomic mass is 32.1. The molecule has 0 spiro atoms. The second kappa shape index (κ2) is 9.03. The van der Waals surface area contributed by atoms with Gasteiger partial charge in [0, 0.05) is 31.3 Å². The fourth-order valence-electron chi connectivity index (χ4n) is 3.54. The molecule has 172 valence electrons. The predicted octanol–water partition coefficient (Wildman–Crippen LogP) is 3.54. The minimum absolute atomic E-state index is 0.0733. The van der Waals surface area contributed by atoms with Crippen molar-refractivity contribution in [3.05, 3.63) is 30.1 Å². The van der Waals surface area contributed by atoms with E-state index < -0.39 is 0 Å². The number of carbonyl (C=O) groups excluding carboxylic acids is 1. The zero-order valence-corrected chi connectivity index (χ0v) is 19.6. The number of fused-ring (bicyclic) bond motifs is 1. The molecular formula is C22H29FN6O2S. The quantitative estimate of drug-likeness (QED) is 0.561. The Kier molecular flexibility index (Phi) is 6.34. The highest BCUT2D eigenvalue weighted by Crippen LogP contribution is 2.34. The van der Waals surface area contributed by atoms with Gasteiger partial charge in [-0.05, 0) is 57.9 Å². The van der Waals surface area contributed by atoms with Crippen molar-refractivity contribution in [2.75, 3.05) is 37.0 Å². The van der Waals surface area contributed by atoms with Crippen LogP contribution in [0.1, 0.15) is 33.6 Å². The molecule has 4 rings (SSSR count). The summed E-state index contributed by atoms with van der Waals surface area (Å²) in [6.45, 7) is 7.66. The third-order valence-electron chi connectivity index (χ3n) is 5.06. The van der Waals surface area contributed by atoms with Crippen molar-refractivity contribution in [3.8, 4) is 11.3 Å². The maximum absolute atomic E-state index is 13.4. The smallest absolute Gasteiger partial charge is 0.239 e. The second-order valence-corrected chi connectivity index (χ2v) is 10.00. The third-order valence-corrected chi connectivity index (χ3v) is 6.08. The van der Waals surface area contributed by atoms with E-state index in [-0.39, 0.29) is 29.9 Å². The zero-order chi connectivity index (χ0) is 22.9. The maximum atomic E-state index is 13.4. The highest BCUT2D eigenvalue weighted by Gasteiger charge is 2.24. The molecule has 1 aliphatic heterocycles. The van der Waals surface area contributed by atoms with E-state index in [4.69, 9.17) is 14.8 Å². The van der Waals surface area contributed by atoms with E-state index in [1.54, 1.807) is 16.6 Å². The van der Waals surface area contributed by atoms with Gasteiger partial charge in [0.25, 0.3) is 0 Å². The topological polar surface area (TPSA) is 83.8 Å². The molecule has 32 heavy (non-hydrogen) atoms. The van der Waals surface area contributed by atoms with Crippen LogP contribution in [0.3, 0.4) is 0 Å². The van der Waals surface area contributed by atoms with Gasteiger partial charge >= 0.3 is 0 Å². The van der Waals surface area contributed by atoms with Gasteiger partial charge in [-0.25, -0.2) is 9.37 Å². The van der Waals surface area contributed by atoms with E-state index in [0.29, 0.717) is 22.3 Å². The number of rotatable bonds is 7. The normalized spacial score (nSPS) is 16.5. The van der Waals surface area contributed by atoms with Gasteiger partial charge in [0.1, 0.15) is 11.5 Å². The number of hydrogen-bond acceptors (Lipinski definition) is 7. The molecule has 3 aromatic rings. The van der Waals surface area contributed by atoms with Gasteiger partial charge in [-0.15, -0.1) is 5.10 Å². The number of aromatic nitrogens is 3. The van der Waals surface area contributed by atoms with Gasteiger partial charge in [0.05, 0.1) is 12.6 Å². The molecule has 3 heterocycles. The van der Waals surface area contributed by atoms with Crippen LogP contribution < -0.4 is 15.5 Å². The molecule has 1 aromatic carbocycles. The molecule has 0 unspecified atom stereocenters. The zero-order valence-electron chi connectivity index (χ0n) is 18.8. The monoisotopic (exact) mass is 460 g/mol. The van der Waals surface area contributed by atoms with Crippen molar-refractivity contribution in [3.63, 3.8) is 0 Å². The fraction of sp³-hybridized carbons (Fsp3) is 0.500. The van der Waals surface area contributed by atoms with Crippen LogP contribution in [0, 0.1) is 5.82 Å². The Balaban J connectivity index is 1.54. The average Bonchev–Trinajstić information content (AvgIpc) is 3.44. The standard InChI is InChI=1S/C22H29FN6O2S/c1-22(2,3)26-19-18(14-7-9-15(23)10-8-14)25-20-29(19)27-21(32-20)28(4)13-17(30)24-12-16-6-5-11-31-16/h7-10,16,26H,5-6,11-13H2,1-4H3,(H,24,30)/t16-/m1/s1. The molecule has 0 radical (unpaired) electrons. The molecule has 8 nitrogen and oxygen atoms in total. The van der Waals surface area contributed by atoms with E-state index >= 15 is 0 Å². The number of anilines is 2. The average molecular weight is 461 g/mol. The van der Waals surface area contributed by atoms with Gasteiger partial charge in [0.2, 0.25) is 16.0 Å². The van der Waals surface area contributed by atoms with Crippen molar-refractivity contribution < 1.29 is 13.9 Å². The van der Waals surface area contributed by atoms with Crippen LogP contribution in [-0.2, 0) is 9.53 Å². The number of carbonyl (C=O) groups is 1. The lowest BCUT2D eigenvalue weighted by atomic mass is 10.1. The fourth-order valence-corrected chi connectivity index (χ4v) is 4.40. The largest absolute Gasteiger partial charge is 0.376 e. The summed E-state index contributed by atoms with van der Waals surface area (Å²) < 4.78 is 20.7. The first-order valence-corrected chi connectivity index (χ1v) is 11.5. The minimum Gasteiger partial charge on any atom is -0.376 e. The lowest BCUT2D eigenvalue weighted by Gasteiger charge is -2.22. The van der Waals surface area contributed by atoms with Crippen LogP contribution in [0.2, 0.25) is 0 Å². The van der Waals surface area contributed by atoms with E-state index in [9.17, 15) is 9.18 Å². The summed E-state index contributed by atoms with van der Waals surface area (Å²) in [5.74, 6) is 0.369. The lowest BCUT2D eigenvalue weighted by Crippen LogP contribution is -2.38. The number of imidazole rings is 1. The summed E-state index contributed by atoms with van der Waals surface area (Å²) in [4.78, 5) is 19.6. The van der Waals surface area contributed by atoms with Crippen molar-refractivity contribution in [1.29, 1.82) is 0 Å². The van der Waals surface area contributed by atoms with Gasteiger partial charge in [-0.1, -0.05) is 11.3 Å². The molecule has 0 bridgehead atoms. The van der Waals surface area contributed by atoms with Gasteiger partial charge in [0.15, 0.2) is 5.82 Å². The Morgan fingerprint density at radius 1 is 1.34 bits per heavy atom. The Bertz CT molecular complexity index is 1080. The van der Waals surface area contributed by atoms with Crippen LogP contribution in [0.25, 0.3) is 16.2 Å². The summed E-state index contributed by atoms with van der Waals surface area (Å²) >= 11 is 1.40. The molecular weight excluding hydrogens is 431 g/mol. The first-order chi connectivity index (χ1) is 15.2. The number of hydrogen-bond donors (Lipinski definition) is 2. The third kappa shape index (κ3) is 5.18.